The molecular formula is C19H21NO4S3. The number of rotatable bonds is 9. The van der Waals surface area contributed by atoms with Gasteiger partial charge < -0.3 is 9.84 Å². The number of sulfonamides is 1. The van der Waals surface area contributed by atoms with Crippen molar-refractivity contribution < 1.29 is 18.3 Å². The molecule has 0 amide bonds. The summed E-state index contributed by atoms with van der Waals surface area (Å²) in [4.78, 5) is 0.707. The lowest BCUT2D eigenvalue weighted by Gasteiger charge is -2.26. The molecule has 2 aromatic heterocycles. The summed E-state index contributed by atoms with van der Waals surface area (Å²) in [6.07, 6.45) is 0.384. The molecule has 0 radical (unpaired) electrons. The van der Waals surface area contributed by atoms with Gasteiger partial charge in [-0.1, -0.05) is 18.2 Å². The Balaban J connectivity index is 1.67. The van der Waals surface area contributed by atoms with E-state index >= 15 is 0 Å². The fourth-order valence-corrected chi connectivity index (χ4v) is 5.32. The van der Waals surface area contributed by atoms with Crippen LogP contribution >= 0.6 is 22.7 Å². The third-order valence-electron chi connectivity index (χ3n) is 4.29. The smallest absolute Gasteiger partial charge is 0.212 e. The van der Waals surface area contributed by atoms with E-state index < -0.39 is 15.6 Å². The highest BCUT2D eigenvalue weighted by Crippen LogP contribution is 2.33. The summed E-state index contributed by atoms with van der Waals surface area (Å²) < 4.78 is 32.6. The van der Waals surface area contributed by atoms with Crippen LogP contribution < -0.4 is 9.46 Å². The molecule has 0 fully saturated rings. The molecule has 0 saturated carbocycles. The molecule has 2 N–H and O–H groups in total. The number of aryl methyl sites for hydroxylation is 1. The molecule has 1 aromatic carbocycles. The number of thiophene rings is 2. The molecule has 3 aromatic rings. The first kappa shape index (κ1) is 20.0. The molecule has 0 aliphatic heterocycles. The minimum absolute atomic E-state index is 0.0521. The summed E-state index contributed by atoms with van der Waals surface area (Å²) in [7, 11) is -1.96. The van der Waals surface area contributed by atoms with Crippen LogP contribution in [0.1, 0.15) is 16.0 Å². The van der Waals surface area contributed by atoms with E-state index in [9.17, 15) is 13.5 Å². The van der Waals surface area contributed by atoms with Crippen LogP contribution in [0, 0.1) is 0 Å². The maximum absolute atomic E-state index is 12.5. The van der Waals surface area contributed by atoms with Crippen LogP contribution in [0.15, 0.2) is 58.6 Å². The average molecular weight is 424 g/mol. The highest BCUT2D eigenvalue weighted by Gasteiger charge is 2.34. The number of methoxy groups -OCH3 is 1. The van der Waals surface area contributed by atoms with Crippen LogP contribution in [-0.2, 0) is 22.0 Å². The first-order valence-corrected chi connectivity index (χ1v) is 11.8. The number of hydrogen-bond acceptors (Lipinski definition) is 6. The molecule has 1 atom stereocenters. The van der Waals surface area contributed by atoms with Crippen LogP contribution in [0.2, 0.25) is 0 Å². The maximum atomic E-state index is 12.5. The Bertz CT molecular complexity index is 899. The zero-order valence-electron chi connectivity index (χ0n) is 14.8. The molecule has 2 heterocycles. The molecule has 0 bridgehead atoms. The summed E-state index contributed by atoms with van der Waals surface area (Å²) >= 11 is 2.87. The van der Waals surface area contributed by atoms with E-state index in [1.54, 1.807) is 7.11 Å². The number of hydrogen-bond donors (Lipinski definition) is 2. The molecule has 5 nitrogen and oxygen atoms in total. The van der Waals surface area contributed by atoms with Gasteiger partial charge >= 0.3 is 0 Å². The van der Waals surface area contributed by atoms with E-state index in [1.165, 1.54) is 22.7 Å². The molecule has 144 valence electrons. The monoisotopic (exact) mass is 423 g/mol. The van der Waals surface area contributed by atoms with Crippen molar-refractivity contribution in [2.24, 2.45) is 0 Å². The van der Waals surface area contributed by atoms with Gasteiger partial charge in [0, 0.05) is 17.0 Å². The van der Waals surface area contributed by atoms with Gasteiger partial charge in [-0.15, -0.1) is 11.3 Å². The Morgan fingerprint density at radius 1 is 1.15 bits per heavy atom. The third kappa shape index (κ3) is 4.97. The minimum atomic E-state index is -3.54. The first-order chi connectivity index (χ1) is 12.9. The van der Waals surface area contributed by atoms with Gasteiger partial charge in [-0.2, -0.15) is 11.3 Å². The van der Waals surface area contributed by atoms with E-state index in [0.717, 1.165) is 11.3 Å². The van der Waals surface area contributed by atoms with E-state index in [-0.39, 0.29) is 12.3 Å². The molecule has 0 saturated heterocycles. The van der Waals surface area contributed by atoms with Gasteiger partial charge in [0.05, 0.1) is 12.9 Å². The van der Waals surface area contributed by atoms with Crippen LogP contribution in [0.25, 0.3) is 0 Å². The topological polar surface area (TPSA) is 75.6 Å². The lowest BCUT2D eigenvalue weighted by molar-refractivity contribution is 0.0903. The van der Waals surface area contributed by atoms with Gasteiger partial charge in [-0.3, -0.25) is 0 Å². The van der Waals surface area contributed by atoms with Gasteiger partial charge in [-0.05, 0) is 52.4 Å². The number of aliphatic hydroxyl groups is 1. The summed E-state index contributed by atoms with van der Waals surface area (Å²) in [6, 6.07) is 12.8. The zero-order chi connectivity index (χ0) is 19.3. The molecule has 8 heteroatoms. The van der Waals surface area contributed by atoms with Crippen LogP contribution in [-0.4, -0.2) is 32.9 Å². The Labute approximate surface area is 167 Å². The second kappa shape index (κ2) is 8.53. The average Bonchev–Trinajstić information content (AvgIpc) is 3.39. The Morgan fingerprint density at radius 2 is 1.93 bits per heavy atom. The van der Waals surface area contributed by atoms with Gasteiger partial charge in [0.1, 0.15) is 11.4 Å². The second-order valence-corrected chi connectivity index (χ2v) is 9.74. The third-order valence-corrected chi connectivity index (χ3v) is 7.32. The van der Waals surface area contributed by atoms with Crippen LogP contribution in [0.4, 0.5) is 0 Å². The Morgan fingerprint density at radius 3 is 2.52 bits per heavy atom. The normalized spacial score (nSPS) is 14.0. The number of benzene rings is 1. The van der Waals surface area contributed by atoms with Crippen molar-refractivity contribution >= 4 is 32.7 Å². The Kier molecular flexibility index (Phi) is 6.33. The van der Waals surface area contributed by atoms with Crippen LogP contribution in [0.5, 0.6) is 5.75 Å². The van der Waals surface area contributed by atoms with Crippen molar-refractivity contribution in [2.45, 2.75) is 12.0 Å². The van der Waals surface area contributed by atoms with E-state index in [2.05, 4.69) is 4.72 Å². The van der Waals surface area contributed by atoms with E-state index in [0.29, 0.717) is 16.9 Å². The Hall–Kier alpha value is -1.71. The summed E-state index contributed by atoms with van der Waals surface area (Å²) in [6.45, 7) is -0.102. The number of ether oxygens (including phenoxy) is 1. The van der Waals surface area contributed by atoms with Gasteiger partial charge in [0.2, 0.25) is 10.0 Å². The minimum Gasteiger partial charge on any atom is -0.497 e. The molecule has 3 rings (SSSR count). The van der Waals surface area contributed by atoms with Crippen molar-refractivity contribution in [3.8, 4) is 5.75 Å². The predicted molar refractivity (Wildman–Crippen MR) is 110 cm³/mol. The standard InChI is InChI=1S/C19H21NO4S3/c1-24-17-6-4-15(5-7-17)9-12-27(22,23)20-14-19(21,16-8-11-25-13-16)18-3-2-10-26-18/h2-8,10-11,13,20-21H,9,12,14H2,1H3/t19-/m0/s1. The fraction of sp³-hybridized carbons (Fsp3) is 0.263. The van der Waals surface area contributed by atoms with Crippen molar-refractivity contribution in [3.05, 3.63) is 74.6 Å². The second-order valence-electron chi connectivity index (χ2n) is 6.09. The molecule has 0 aliphatic rings. The highest BCUT2D eigenvalue weighted by atomic mass is 32.2. The van der Waals surface area contributed by atoms with Crippen molar-refractivity contribution in [3.63, 3.8) is 0 Å². The fourth-order valence-electron chi connectivity index (χ4n) is 2.68. The highest BCUT2D eigenvalue weighted by molar-refractivity contribution is 7.89. The predicted octanol–water partition coefficient (Wildman–Crippen LogP) is 3.22. The van der Waals surface area contributed by atoms with E-state index in [1.807, 2.05) is 58.6 Å². The summed E-state index contributed by atoms with van der Waals surface area (Å²) in [5.74, 6) is 0.681. The number of nitrogens with one attached hydrogen (secondary N) is 1. The molecule has 0 spiro atoms. The van der Waals surface area contributed by atoms with Gasteiger partial charge in [0.15, 0.2) is 0 Å². The summed E-state index contributed by atoms with van der Waals surface area (Å²) in [5, 5.41) is 16.8. The first-order valence-electron chi connectivity index (χ1n) is 8.32. The van der Waals surface area contributed by atoms with Gasteiger partial charge in [-0.25, -0.2) is 13.1 Å². The van der Waals surface area contributed by atoms with Crippen molar-refractivity contribution in [1.29, 1.82) is 0 Å². The largest absolute Gasteiger partial charge is 0.497 e. The lowest BCUT2D eigenvalue weighted by atomic mass is 9.95. The molecule has 0 unspecified atom stereocenters. The lowest BCUT2D eigenvalue weighted by Crippen LogP contribution is -2.41. The molecular weight excluding hydrogens is 402 g/mol. The van der Waals surface area contributed by atoms with Crippen molar-refractivity contribution in [2.75, 3.05) is 19.4 Å². The zero-order valence-corrected chi connectivity index (χ0v) is 17.2. The van der Waals surface area contributed by atoms with Crippen molar-refractivity contribution in [1.82, 2.24) is 4.72 Å². The maximum Gasteiger partial charge on any atom is 0.212 e. The quantitative estimate of drug-likeness (QED) is 0.554. The summed E-state index contributed by atoms with van der Waals surface area (Å²) in [5.41, 5.74) is 0.224. The van der Waals surface area contributed by atoms with E-state index in [4.69, 9.17) is 4.74 Å². The molecule has 27 heavy (non-hydrogen) atoms. The SMILES string of the molecule is COc1ccc(CCS(=O)(=O)NC[C@](O)(c2ccsc2)c2cccs2)cc1. The van der Waals surface area contributed by atoms with Gasteiger partial charge in [0.25, 0.3) is 0 Å². The molecule has 0 aliphatic carbocycles. The van der Waals surface area contributed by atoms with Crippen LogP contribution in [0.3, 0.4) is 0 Å².